The maximum Gasteiger partial charge on any atom is 0.148 e. The van der Waals surface area contributed by atoms with Gasteiger partial charge in [0.1, 0.15) is 18.0 Å². The predicted octanol–water partition coefficient (Wildman–Crippen LogP) is 1.14. The third kappa shape index (κ3) is 3.54. The lowest BCUT2D eigenvalue weighted by Gasteiger charge is -2.22. The number of aromatic nitrogens is 2. The zero-order valence-corrected chi connectivity index (χ0v) is 11.3. The molecule has 0 fully saturated rings. The van der Waals surface area contributed by atoms with Crippen LogP contribution in [-0.2, 0) is 6.42 Å². The molecule has 0 amide bonds. The van der Waals surface area contributed by atoms with Crippen LogP contribution in [0.5, 0.6) is 0 Å². The van der Waals surface area contributed by atoms with Crippen LogP contribution in [-0.4, -0.2) is 27.7 Å². The summed E-state index contributed by atoms with van der Waals surface area (Å²) in [6, 6.07) is 0.131. The number of nitrogen functional groups attached to an aromatic ring is 1. The first-order chi connectivity index (χ1) is 8.63. The van der Waals surface area contributed by atoms with Crippen LogP contribution in [0.3, 0.4) is 0 Å². The van der Waals surface area contributed by atoms with Crippen LogP contribution >= 0.6 is 0 Å². The Balaban J connectivity index is 2.93. The maximum absolute atomic E-state index is 9.15. The predicted molar refractivity (Wildman–Crippen MR) is 73.2 cm³/mol. The summed E-state index contributed by atoms with van der Waals surface area (Å²) >= 11 is 0. The van der Waals surface area contributed by atoms with Crippen molar-refractivity contribution >= 4 is 11.6 Å². The molecule has 6 nitrogen and oxygen atoms in total. The standard InChI is InChI=1S/C12H23N5O/c1-4-5-10-11(14-7-15-12(10)17-13)16-9(3)8(2)6-18/h7-9,18H,4-6,13H2,1-3H3,(H2,14,15,16,17). The molecular formula is C12H23N5O. The van der Waals surface area contributed by atoms with Crippen molar-refractivity contribution in [2.45, 2.75) is 39.7 Å². The number of hydrazine groups is 1. The summed E-state index contributed by atoms with van der Waals surface area (Å²) in [6.45, 7) is 6.25. The minimum atomic E-state index is 0.131. The van der Waals surface area contributed by atoms with Gasteiger partial charge in [-0.1, -0.05) is 20.3 Å². The summed E-state index contributed by atoms with van der Waals surface area (Å²) in [5.74, 6) is 7.05. The third-order valence-corrected chi connectivity index (χ3v) is 3.09. The molecule has 102 valence electrons. The Morgan fingerprint density at radius 2 is 2.00 bits per heavy atom. The van der Waals surface area contributed by atoms with Gasteiger partial charge in [0.15, 0.2) is 0 Å². The Morgan fingerprint density at radius 3 is 2.56 bits per heavy atom. The Morgan fingerprint density at radius 1 is 1.33 bits per heavy atom. The lowest BCUT2D eigenvalue weighted by molar-refractivity contribution is 0.226. The molecule has 0 bridgehead atoms. The smallest absolute Gasteiger partial charge is 0.148 e. The normalized spacial score (nSPS) is 14.1. The minimum absolute atomic E-state index is 0.131. The Bertz CT molecular complexity index is 371. The molecule has 0 saturated heterocycles. The molecular weight excluding hydrogens is 230 g/mol. The first-order valence-electron chi connectivity index (χ1n) is 6.31. The van der Waals surface area contributed by atoms with Crippen molar-refractivity contribution in [1.29, 1.82) is 0 Å². The molecule has 2 unspecified atom stereocenters. The van der Waals surface area contributed by atoms with Gasteiger partial charge in [0.2, 0.25) is 0 Å². The number of rotatable bonds is 7. The third-order valence-electron chi connectivity index (χ3n) is 3.09. The van der Waals surface area contributed by atoms with Crippen LogP contribution in [0, 0.1) is 5.92 Å². The second-order valence-electron chi connectivity index (χ2n) is 4.54. The van der Waals surface area contributed by atoms with Crippen molar-refractivity contribution in [2.24, 2.45) is 11.8 Å². The van der Waals surface area contributed by atoms with Gasteiger partial charge in [0, 0.05) is 18.2 Å². The SMILES string of the molecule is CCCc1c(NN)ncnc1NC(C)C(C)CO. The average molecular weight is 253 g/mol. The van der Waals surface area contributed by atoms with Crippen LogP contribution in [0.25, 0.3) is 0 Å². The van der Waals surface area contributed by atoms with Gasteiger partial charge >= 0.3 is 0 Å². The van der Waals surface area contributed by atoms with Crippen molar-refractivity contribution in [2.75, 3.05) is 17.3 Å². The second kappa shape index (κ2) is 7.13. The molecule has 1 aromatic rings. The average Bonchev–Trinajstić information content (AvgIpc) is 2.39. The molecule has 0 saturated carbocycles. The van der Waals surface area contributed by atoms with E-state index < -0.39 is 0 Å². The maximum atomic E-state index is 9.15. The number of anilines is 2. The van der Waals surface area contributed by atoms with Gasteiger partial charge in [-0.25, -0.2) is 15.8 Å². The molecule has 0 spiro atoms. The molecule has 5 N–H and O–H groups in total. The topological polar surface area (TPSA) is 96.1 Å². The molecule has 0 radical (unpaired) electrons. The van der Waals surface area contributed by atoms with Gasteiger partial charge in [0.25, 0.3) is 0 Å². The molecule has 6 heteroatoms. The summed E-state index contributed by atoms with van der Waals surface area (Å²) in [5, 5.41) is 12.5. The molecule has 1 aromatic heterocycles. The highest BCUT2D eigenvalue weighted by molar-refractivity contribution is 5.57. The van der Waals surface area contributed by atoms with Crippen LogP contribution in [0.4, 0.5) is 11.6 Å². The molecule has 1 heterocycles. The number of hydrogen-bond acceptors (Lipinski definition) is 6. The van der Waals surface area contributed by atoms with E-state index >= 15 is 0 Å². The Hall–Kier alpha value is -1.40. The molecule has 0 aliphatic carbocycles. The highest BCUT2D eigenvalue weighted by Gasteiger charge is 2.15. The van der Waals surface area contributed by atoms with E-state index in [2.05, 4.69) is 27.6 Å². The number of aliphatic hydroxyl groups is 1. The summed E-state index contributed by atoms with van der Waals surface area (Å²) in [6.07, 6.45) is 3.32. The van der Waals surface area contributed by atoms with Gasteiger partial charge in [-0.2, -0.15) is 0 Å². The highest BCUT2D eigenvalue weighted by Crippen LogP contribution is 2.22. The fraction of sp³-hybridized carbons (Fsp3) is 0.667. The van der Waals surface area contributed by atoms with E-state index in [1.54, 1.807) is 0 Å². The van der Waals surface area contributed by atoms with E-state index in [4.69, 9.17) is 10.9 Å². The summed E-state index contributed by atoms with van der Waals surface area (Å²) in [7, 11) is 0. The zero-order valence-electron chi connectivity index (χ0n) is 11.3. The van der Waals surface area contributed by atoms with E-state index in [-0.39, 0.29) is 18.6 Å². The largest absolute Gasteiger partial charge is 0.396 e. The number of nitrogens with one attached hydrogen (secondary N) is 2. The highest BCUT2D eigenvalue weighted by atomic mass is 16.3. The summed E-state index contributed by atoms with van der Waals surface area (Å²) in [4.78, 5) is 8.38. The monoisotopic (exact) mass is 253 g/mol. The van der Waals surface area contributed by atoms with Gasteiger partial charge in [-0.3, -0.25) is 0 Å². The molecule has 18 heavy (non-hydrogen) atoms. The fourth-order valence-electron chi connectivity index (χ4n) is 1.66. The van der Waals surface area contributed by atoms with Gasteiger partial charge in [0.05, 0.1) is 0 Å². The first kappa shape index (κ1) is 14.7. The number of aliphatic hydroxyl groups excluding tert-OH is 1. The van der Waals surface area contributed by atoms with Crippen LogP contribution < -0.4 is 16.6 Å². The van der Waals surface area contributed by atoms with E-state index in [1.807, 2.05) is 13.8 Å². The van der Waals surface area contributed by atoms with Gasteiger partial charge in [-0.15, -0.1) is 0 Å². The first-order valence-corrected chi connectivity index (χ1v) is 6.31. The van der Waals surface area contributed by atoms with Crippen molar-refractivity contribution in [3.05, 3.63) is 11.9 Å². The molecule has 0 aliphatic rings. The molecule has 0 aliphatic heterocycles. The second-order valence-corrected chi connectivity index (χ2v) is 4.54. The molecule has 0 aromatic carbocycles. The Kier molecular flexibility index (Phi) is 5.80. The molecule has 2 atom stereocenters. The van der Waals surface area contributed by atoms with E-state index in [9.17, 15) is 0 Å². The number of nitrogens with two attached hydrogens (primary N) is 1. The number of hydrogen-bond donors (Lipinski definition) is 4. The van der Waals surface area contributed by atoms with E-state index in [0.717, 1.165) is 24.2 Å². The van der Waals surface area contributed by atoms with Crippen LogP contribution in [0.1, 0.15) is 32.8 Å². The molecule has 1 rings (SSSR count). The number of nitrogens with zero attached hydrogens (tertiary/aromatic N) is 2. The van der Waals surface area contributed by atoms with Gasteiger partial charge < -0.3 is 15.8 Å². The van der Waals surface area contributed by atoms with Crippen molar-refractivity contribution < 1.29 is 5.11 Å². The van der Waals surface area contributed by atoms with Crippen LogP contribution in [0.2, 0.25) is 0 Å². The summed E-state index contributed by atoms with van der Waals surface area (Å²) < 4.78 is 0. The van der Waals surface area contributed by atoms with Gasteiger partial charge in [-0.05, 0) is 19.3 Å². The zero-order chi connectivity index (χ0) is 13.5. The van der Waals surface area contributed by atoms with Crippen molar-refractivity contribution in [3.8, 4) is 0 Å². The summed E-state index contributed by atoms with van der Waals surface area (Å²) in [5.41, 5.74) is 3.58. The van der Waals surface area contributed by atoms with E-state index in [0.29, 0.717) is 5.82 Å². The lowest BCUT2D eigenvalue weighted by atomic mass is 10.0. The van der Waals surface area contributed by atoms with Crippen LogP contribution in [0.15, 0.2) is 6.33 Å². The van der Waals surface area contributed by atoms with Crippen molar-refractivity contribution in [3.63, 3.8) is 0 Å². The quantitative estimate of drug-likeness (QED) is 0.430. The Labute approximate surface area is 108 Å². The van der Waals surface area contributed by atoms with E-state index in [1.165, 1.54) is 6.33 Å². The van der Waals surface area contributed by atoms with Crippen molar-refractivity contribution in [1.82, 2.24) is 9.97 Å². The fourth-order valence-corrected chi connectivity index (χ4v) is 1.66. The minimum Gasteiger partial charge on any atom is -0.396 e. The lowest BCUT2D eigenvalue weighted by Crippen LogP contribution is -2.27.